The van der Waals surface area contributed by atoms with Gasteiger partial charge in [-0.15, -0.1) is 22.7 Å². The minimum Gasteiger partial charge on any atom is -0.494 e. The van der Waals surface area contributed by atoms with Crippen molar-refractivity contribution in [3.05, 3.63) is 105 Å². The number of hydrogen-bond acceptors (Lipinski definition) is 10. The van der Waals surface area contributed by atoms with E-state index in [1.807, 2.05) is 75.4 Å². The molecule has 5 aromatic rings. The van der Waals surface area contributed by atoms with Gasteiger partial charge < -0.3 is 25.6 Å². The number of amides is 2. The van der Waals surface area contributed by atoms with Crippen LogP contribution in [0.2, 0.25) is 0 Å². The number of aromatic nitrogens is 3. The molecule has 0 aliphatic carbocycles. The zero-order chi connectivity index (χ0) is 38.7. The number of carboxylic acid groups (broad SMARTS) is 1. The summed E-state index contributed by atoms with van der Waals surface area (Å²) >= 11 is 2.52. The van der Waals surface area contributed by atoms with E-state index in [1.54, 1.807) is 18.5 Å². The van der Waals surface area contributed by atoms with Crippen molar-refractivity contribution in [2.45, 2.75) is 89.8 Å². The summed E-state index contributed by atoms with van der Waals surface area (Å²) < 4.78 is 5.89. The molecule has 54 heavy (non-hydrogen) atoms. The Balaban J connectivity index is 1.26. The molecule has 0 radical (unpaired) electrons. The SMILES string of the molecule is CCCCCCCOc1ccc(-c2cnc(-c3ccc(C[C@H](NC(=O)c4ccc(C(C)(C)C)s4)C(=O)NC(C(=O)O)C(O)c4cscn4)cc3)nc2)cc1. The van der Waals surface area contributed by atoms with Gasteiger partial charge in [0.2, 0.25) is 5.91 Å². The van der Waals surface area contributed by atoms with Crippen LogP contribution in [0.15, 0.2) is 83.9 Å². The van der Waals surface area contributed by atoms with Gasteiger partial charge in [0.1, 0.15) is 17.9 Å². The van der Waals surface area contributed by atoms with Crippen LogP contribution in [0.4, 0.5) is 0 Å². The lowest BCUT2D eigenvalue weighted by Crippen LogP contribution is -2.54. The molecule has 2 aromatic carbocycles. The Morgan fingerprint density at radius 2 is 1.52 bits per heavy atom. The van der Waals surface area contributed by atoms with E-state index in [-0.39, 0.29) is 17.5 Å². The molecule has 3 atom stereocenters. The number of carbonyl (C=O) groups is 3. The zero-order valence-corrected chi connectivity index (χ0v) is 32.6. The fraction of sp³-hybridized carbons (Fsp3) is 0.366. The highest BCUT2D eigenvalue weighted by Gasteiger charge is 2.34. The predicted molar refractivity (Wildman–Crippen MR) is 212 cm³/mol. The van der Waals surface area contributed by atoms with Crippen LogP contribution < -0.4 is 15.4 Å². The summed E-state index contributed by atoms with van der Waals surface area (Å²) in [5.41, 5.74) is 4.71. The molecule has 13 heteroatoms. The molecule has 0 saturated heterocycles. The molecule has 3 aromatic heterocycles. The summed E-state index contributed by atoms with van der Waals surface area (Å²) in [6.07, 6.45) is 7.95. The molecular weight excluding hydrogens is 723 g/mol. The minimum absolute atomic E-state index is 0.0485. The zero-order valence-electron chi connectivity index (χ0n) is 31.0. The maximum absolute atomic E-state index is 13.7. The van der Waals surface area contributed by atoms with E-state index in [9.17, 15) is 24.6 Å². The molecule has 0 aliphatic rings. The molecule has 5 rings (SSSR count). The summed E-state index contributed by atoms with van der Waals surface area (Å²) in [6, 6.07) is 15.9. The predicted octanol–water partition coefficient (Wildman–Crippen LogP) is 7.62. The Bertz CT molecular complexity index is 1960. The first-order chi connectivity index (χ1) is 25.9. The number of nitrogens with one attached hydrogen (secondary N) is 2. The van der Waals surface area contributed by atoms with Crippen LogP contribution in [0.25, 0.3) is 22.5 Å². The summed E-state index contributed by atoms with van der Waals surface area (Å²) in [6.45, 7) is 9.05. The Morgan fingerprint density at radius 1 is 0.833 bits per heavy atom. The van der Waals surface area contributed by atoms with Gasteiger partial charge in [-0.1, -0.05) is 89.8 Å². The van der Waals surface area contributed by atoms with Crippen molar-refractivity contribution in [2.24, 2.45) is 0 Å². The van der Waals surface area contributed by atoms with Gasteiger partial charge in [0.25, 0.3) is 5.91 Å². The molecule has 4 N–H and O–H groups in total. The van der Waals surface area contributed by atoms with Crippen molar-refractivity contribution >= 4 is 40.5 Å². The number of aliphatic carboxylic acids is 1. The normalized spacial score (nSPS) is 13.1. The average molecular weight is 770 g/mol. The summed E-state index contributed by atoms with van der Waals surface area (Å²) in [7, 11) is 0. The fourth-order valence-corrected chi connectivity index (χ4v) is 7.21. The van der Waals surface area contributed by atoms with Crippen molar-refractivity contribution in [1.29, 1.82) is 0 Å². The van der Waals surface area contributed by atoms with Crippen molar-refractivity contribution in [3.8, 4) is 28.3 Å². The lowest BCUT2D eigenvalue weighted by molar-refractivity contribution is -0.145. The van der Waals surface area contributed by atoms with Crippen LogP contribution >= 0.6 is 22.7 Å². The average Bonchev–Trinajstić information content (AvgIpc) is 3.90. The minimum atomic E-state index is -1.69. The Hall–Kier alpha value is -4.98. The van der Waals surface area contributed by atoms with Gasteiger partial charge in [-0.3, -0.25) is 9.59 Å². The number of hydrogen-bond donors (Lipinski definition) is 4. The van der Waals surface area contributed by atoms with Gasteiger partial charge in [-0.2, -0.15) is 0 Å². The molecule has 2 amide bonds. The number of aliphatic hydroxyl groups is 1. The summed E-state index contributed by atoms with van der Waals surface area (Å²) in [5.74, 6) is -1.31. The number of nitrogens with zero attached hydrogens (tertiary/aromatic N) is 3. The second-order valence-electron chi connectivity index (χ2n) is 14.1. The summed E-state index contributed by atoms with van der Waals surface area (Å²) in [4.78, 5) is 53.8. The van der Waals surface area contributed by atoms with Gasteiger partial charge in [-0.25, -0.2) is 19.7 Å². The number of thiazole rings is 1. The van der Waals surface area contributed by atoms with Gasteiger partial charge in [0.05, 0.1) is 22.7 Å². The third-order valence-electron chi connectivity index (χ3n) is 8.83. The number of carboxylic acids is 1. The molecule has 0 spiro atoms. The molecule has 0 saturated carbocycles. The number of carbonyl (C=O) groups excluding carboxylic acids is 2. The highest BCUT2D eigenvalue weighted by molar-refractivity contribution is 7.14. The molecule has 11 nitrogen and oxygen atoms in total. The van der Waals surface area contributed by atoms with Crippen LogP contribution in [0, 0.1) is 0 Å². The monoisotopic (exact) mass is 769 g/mol. The van der Waals surface area contributed by atoms with Crippen molar-refractivity contribution in [1.82, 2.24) is 25.6 Å². The highest BCUT2D eigenvalue weighted by atomic mass is 32.1. The Labute approximate surface area is 323 Å². The number of ether oxygens (including phenoxy) is 1. The van der Waals surface area contributed by atoms with Gasteiger partial charge >= 0.3 is 5.97 Å². The van der Waals surface area contributed by atoms with E-state index in [0.717, 1.165) is 33.7 Å². The van der Waals surface area contributed by atoms with Crippen LogP contribution in [-0.4, -0.2) is 61.6 Å². The largest absolute Gasteiger partial charge is 0.494 e. The number of unbranched alkanes of at least 4 members (excludes halogenated alkanes) is 4. The molecule has 0 aliphatic heterocycles. The Morgan fingerprint density at radius 3 is 2.13 bits per heavy atom. The van der Waals surface area contributed by atoms with Crippen molar-refractivity contribution < 1.29 is 29.3 Å². The van der Waals surface area contributed by atoms with Crippen LogP contribution in [0.5, 0.6) is 5.75 Å². The third-order valence-corrected chi connectivity index (χ3v) is 10.9. The van der Waals surface area contributed by atoms with E-state index in [4.69, 9.17) is 4.74 Å². The van der Waals surface area contributed by atoms with E-state index < -0.39 is 36.0 Å². The maximum atomic E-state index is 13.7. The Kier molecular flexibility index (Phi) is 14.0. The third kappa shape index (κ3) is 11.0. The van der Waals surface area contributed by atoms with Gasteiger partial charge in [-0.05, 0) is 47.2 Å². The quantitative estimate of drug-likeness (QED) is 0.0657. The molecule has 3 heterocycles. The number of rotatable bonds is 18. The molecule has 284 valence electrons. The lowest BCUT2D eigenvalue weighted by Gasteiger charge is -2.24. The van der Waals surface area contributed by atoms with E-state index in [1.165, 1.54) is 59.2 Å². The maximum Gasteiger partial charge on any atom is 0.329 e. The first kappa shape index (κ1) is 40.2. The molecule has 0 bridgehead atoms. The second kappa shape index (κ2) is 18.9. The highest BCUT2D eigenvalue weighted by Crippen LogP contribution is 2.30. The number of benzene rings is 2. The van der Waals surface area contributed by atoms with E-state index in [2.05, 4.69) is 32.5 Å². The first-order valence-electron chi connectivity index (χ1n) is 18.1. The van der Waals surface area contributed by atoms with Crippen LogP contribution in [-0.2, 0) is 21.4 Å². The standard InChI is InChI=1S/C41H47N5O6S2/c1-5-6-7-8-9-20-52-30-16-14-27(15-17-30)29-22-42-37(43-23-29)28-12-10-26(11-13-28)21-31(45-39(49)33-18-19-34(54-33)41(2,3)4)38(48)46-35(40(50)51)36(47)32-24-53-25-44-32/h10-19,22-25,31,35-36,47H,5-9,20-21H2,1-4H3,(H,45,49)(H,46,48)(H,50,51)/t31-,35?,36?/m0/s1. The molecule has 0 fully saturated rings. The van der Waals surface area contributed by atoms with Crippen LogP contribution in [0.1, 0.15) is 91.7 Å². The molecular formula is C41H47N5O6S2. The van der Waals surface area contributed by atoms with Gasteiger partial charge in [0, 0.05) is 40.2 Å². The smallest absolute Gasteiger partial charge is 0.329 e. The van der Waals surface area contributed by atoms with Gasteiger partial charge in [0.15, 0.2) is 11.9 Å². The first-order valence-corrected chi connectivity index (χ1v) is 19.8. The van der Waals surface area contributed by atoms with Crippen LogP contribution in [0.3, 0.4) is 0 Å². The summed E-state index contributed by atoms with van der Waals surface area (Å²) in [5, 5.41) is 27.4. The van der Waals surface area contributed by atoms with Crippen molar-refractivity contribution in [3.63, 3.8) is 0 Å². The number of aliphatic hydroxyl groups excluding tert-OH is 1. The number of thiophene rings is 1. The lowest BCUT2D eigenvalue weighted by atomic mass is 9.95. The molecule has 2 unspecified atom stereocenters. The van der Waals surface area contributed by atoms with Crippen molar-refractivity contribution in [2.75, 3.05) is 6.61 Å². The van der Waals surface area contributed by atoms with E-state index in [0.29, 0.717) is 22.9 Å². The fourth-order valence-electron chi connectivity index (χ4n) is 5.66. The second-order valence-corrected chi connectivity index (χ2v) is 15.9. The topological polar surface area (TPSA) is 164 Å². The van der Waals surface area contributed by atoms with E-state index >= 15 is 0 Å².